The third-order valence-corrected chi connectivity index (χ3v) is 5.57. The minimum Gasteiger partial charge on any atom is -0.480 e. The fraction of sp³-hybridized carbons (Fsp3) is 0.619. The number of fused-ring (bicyclic) bond motifs is 2. The molecule has 0 aromatic carbocycles. The molecule has 3 atom stereocenters. The first-order chi connectivity index (χ1) is 13.6. The lowest BCUT2D eigenvalue weighted by atomic mass is 9.84. The summed E-state index contributed by atoms with van der Waals surface area (Å²) in [7, 11) is 0. The molecule has 0 saturated carbocycles. The van der Waals surface area contributed by atoms with Crippen molar-refractivity contribution in [2.24, 2.45) is 5.92 Å². The van der Waals surface area contributed by atoms with E-state index in [4.69, 9.17) is 4.74 Å². The normalized spacial score (nSPS) is 24.7. The van der Waals surface area contributed by atoms with Crippen molar-refractivity contribution in [1.29, 1.82) is 0 Å². The predicted octanol–water partition coefficient (Wildman–Crippen LogP) is 2.37. The van der Waals surface area contributed by atoms with Gasteiger partial charge in [-0.1, -0.05) is 0 Å². The molecule has 2 aliphatic rings. The Hall–Kier alpha value is -2.64. The van der Waals surface area contributed by atoms with Crippen LogP contribution in [0.4, 0.5) is 4.79 Å². The van der Waals surface area contributed by atoms with Crippen LogP contribution in [0.2, 0.25) is 0 Å². The van der Waals surface area contributed by atoms with E-state index in [2.05, 4.69) is 10.3 Å². The van der Waals surface area contributed by atoms with Crippen molar-refractivity contribution < 1.29 is 24.2 Å². The number of alkyl carbamates (subject to hydrolysis) is 1. The molecule has 158 valence electrons. The maximum Gasteiger partial charge on any atom is 0.408 e. The largest absolute Gasteiger partial charge is 0.480 e. The van der Waals surface area contributed by atoms with Gasteiger partial charge in [0.15, 0.2) is 0 Å². The summed E-state index contributed by atoms with van der Waals surface area (Å²) in [6.07, 6.45) is 5.78. The molecule has 0 aliphatic carbocycles. The number of hydrogen-bond acceptors (Lipinski definition) is 5. The van der Waals surface area contributed by atoms with Crippen LogP contribution in [0.15, 0.2) is 24.5 Å². The average molecular weight is 403 g/mol. The maximum atomic E-state index is 12.9. The van der Waals surface area contributed by atoms with Crippen molar-refractivity contribution in [2.45, 2.75) is 76.6 Å². The van der Waals surface area contributed by atoms with Gasteiger partial charge in [-0.25, -0.2) is 9.59 Å². The van der Waals surface area contributed by atoms with Crippen molar-refractivity contribution in [3.63, 3.8) is 0 Å². The molecular weight excluding hydrogens is 374 g/mol. The van der Waals surface area contributed by atoms with E-state index in [1.807, 2.05) is 17.0 Å². The summed E-state index contributed by atoms with van der Waals surface area (Å²) in [5.74, 6) is -1.24. The molecule has 2 saturated heterocycles. The highest BCUT2D eigenvalue weighted by molar-refractivity contribution is 5.81. The van der Waals surface area contributed by atoms with E-state index < -0.39 is 23.7 Å². The second kappa shape index (κ2) is 8.39. The molecule has 2 aliphatic heterocycles. The number of carboxylic acid groups (broad SMARTS) is 1. The van der Waals surface area contributed by atoms with Gasteiger partial charge in [0.2, 0.25) is 5.91 Å². The van der Waals surface area contributed by atoms with E-state index in [9.17, 15) is 19.5 Å². The quantitative estimate of drug-likeness (QED) is 0.781. The monoisotopic (exact) mass is 403 g/mol. The molecule has 2 bridgehead atoms. The van der Waals surface area contributed by atoms with Crippen molar-refractivity contribution in [3.8, 4) is 0 Å². The Balaban J connectivity index is 1.65. The van der Waals surface area contributed by atoms with Gasteiger partial charge >= 0.3 is 12.1 Å². The predicted molar refractivity (Wildman–Crippen MR) is 105 cm³/mol. The number of nitrogens with zero attached hydrogens (tertiary/aromatic N) is 2. The number of carboxylic acids is 1. The van der Waals surface area contributed by atoms with Crippen LogP contribution in [-0.4, -0.2) is 56.7 Å². The van der Waals surface area contributed by atoms with E-state index in [1.165, 1.54) is 0 Å². The van der Waals surface area contributed by atoms with Crippen LogP contribution in [-0.2, 0) is 20.7 Å². The second-order valence-electron chi connectivity index (χ2n) is 8.91. The molecule has 2 N–H and O–H groups in total. The van der Waals surface area contributed by atoms with Gasteiger partial charge in [-0.2, -0.15) is 0 Å². The Morgan fingerprint density at radius 1 is 1.21 bits per heavy atom. The van der Waals surface area contributed by atoms with Crippen LogP contribution in [0, 0.1) is 5.92 Å². The number of pyridine rings is 1. The Labute approximate surface area is 170 Å². The highest BCUT2D eigenvalue weighted by Gasteiger charge is 2.46. The molecule has 1 aromatic rings. The van der Waals surface area contributed by atoms with E-state index in [1.54, 1.807) is 33.2 Å². The van der Waals surface area contributed by atoms with Gasteiger partial charge in [0.1, 0.15) is 11.6 Å². The number of carbonyl (C=O) groups is 3. The molecule has 8 nitrogen and oxygen atoms in total. The van der Waals surface area contributed by atoms with Crippen molar-refractivity contribution >= 4 is 18.0 Å². The molecule has 0 radical (unpaired) electrons. The van der Waals surface area contributed by atoms with Crippen molar-refractivity contribution in [2.75, 3.05) is 0 Å². The van der Waals surface area contributed by atoms with Crippen molar-refractivity contribution in [3.05, 3.63) is 30.1 Å². The first-order valence-electron chi connectivity index (χ1n) is 10.1. The lowest BCUT2D eigenvalue weighted by Gasteiger charge is -2.41. The zero-order valence-electron chi connectivity index (χ0n) is 17.1. The number of aliphatic carboxylic acids is 1. The summed E-state index contributed by atoms with van der Waals surface area (Å²) in [5.41, 5.74) is 0.219. The molecule has 29 heavy (non-hydrogen) atoms. The number of ether oxygens (including phenoxy) is 1. The molecular formula is C21H29N3O5. The summed E-state index contributed by atoms with van der Waals surface area (Å²) in [6.45, 7) is 5.19. The average Bonchev–Trinajstić information content (AvgIpc) is 2.89. The van der Waals surface area contributed by atoms with Crippen LogP contribution in [0.1, 0.15) is 52.0 Å². The second-order valence-corrected chi connectivity index (χ2v) is 8.91. The number of hydrogen-bond donors (Lipinski definition) is 2. The Morgan fingerprint density at radius 3 is 2.31 bits per heavy atom. The highest BCUT2D eigenvalue weighted by atomic mass is 16.6. The highest BCUT2D eigenvalue weighted by Crippen LogP contribution is 2.40. The zero-order chi connectivity index (χ0) is 21.2. The van der Waals surface area contributed by atoms with Crippen LogP contribution >= 0.6 is 0 Å². The number of aromatic nitrogens is 1. The molecule has 8 heteroatoms. The molecule has 3 heterocycles. The number of carbonyl (C=O) groups excluding carboxylic acids is 2. The maximum absolute atomic E-state index is 12.9. The molecule has 3 rings (SSSR count). The minimum absolute atomic E-state index is 0.00961. The third kappa shape index (κ3) is 5.25. The Kier molecular flexibility index (Phi) is 6.10. The summed E-state index contributed by atoms with van der Waals surface area (Å²) in [6, 6.07) is 2.66. The summed E-state index contributed by atoms with van der Waals surface area (Å²) >= 11 is 0. The van der Waals surface area contributed by atoms with Crippen molar-refractivity contribution in [1.82, 2.24) is 15.2 Å². The van der Waals surface area contributed by atoms with Gasteiger partial charge in [-0.15, -0.1) is 0 Å². The lowest BCUT2D eigenvalue weighted by Crippen LogP contribution is -2.54. The fourth-order valence-corrected chi connectivity index (χ4v) is 4.48. The first kappa shape index (κ1) is 21.1. The summed E-state index contributed by atoms with van der Waals surface area (Å²) in [4.78, 5) is 42.7. The molecule has 2 fully saturated rings. The standard InChI is InChI=1S/C21H29N3O5/c1-21(2,3)29-20(28)23-18(19(26)27)14-11-15-4-5-16(12-14)24(15)17(25)10-13-6-8-22-9-7-13/h6-9,14-16,18H,4-5,10-12H2,1-3H3,(H,23,28)(H,26,27)/t14?,15?,16?,18-/m0/s1. The SMILES string of the molecule is CC(C)(C)OC(=O)N[C@H](C(=O)O)C1CC2CCC(C1)N2C(=O)Cc1ccncc1. The third-order valence-electron chi connectivity index (χ3n) is 5.57. The van der Waals surface area contributed by atoms with Gasteiger partial charge < -0.3 is 20.1 Å². The van der Waals surface area contributed by atoms with Crippen LogP contribution in [0.5, 0.6) is 0 Å². The lowest BCUT2D eigenvalue weighted by molar-refractivity contribution is -0.142. The number of piperidine rings is 1. The van der Waals surface area contributed by atoms with E-state index in [0.29, 0.717) is 19.3 Å². The topological polar surface area (TPSA) is 109 Å². The number of amides is 2. The zero-order valence-corrected chi connectivity index (χ0v) is 17.1. The van der Waals surface area contributed by atoms with Crippen LogP contribution in [0.3, 0.4) is 0 Å². The van der Waals surface area contributed by atoms with Gasteiger partial charge in [0.25, 0.3) is 0 Å². The Morgan fingerprint density at radius 2 is 1.79 bits per heavy atom. The summed E-state index contributed by atoms with van der Waals surface area (Å²) in [5, 5.41) is 12.2. The number of rotatable bonds is 5. The Bertz CT molecular complexity index is 747. The van der Waals surface area contributed by atoms with Gasteiger partial charge in [-0.3, -0.25) is 9.78 Å². The summed E-state index contributed by atoms with van der Waals surface area (Å²) < 4.78 is 5.22. The van der Waals surface area contributed by atoms with E-state index in [-0.39, 0.29) is 23.9 Å². The minimum atomic E-state index is -1.07. The van der Waals surface area contributed by atoms with E-state index in [0.717, 1.165) is 18.4 Å². The van der Waals surface area contributed by atoms with Crippen LogP contribution in [0.25, 0.3) is 0 Å². The van der Waals surface area contributed by atoms with Crippen LogP contribution < -0.4 is 5.32 Å². The van der Waals surface area contributed by atoms with Gasteiger partial charge in [-0.05, 0) is 70.1 Å². The molecule has 1 aromatic heterocycles. The fourth-order valence-electron chi connectivity index (χ4n) is 4.48. The first-order valence-corrected chi connectivity index (χ1v) is 10.1. The number of nitrogens with one attached hydrogen (secondary N) is 1. The smallest absolute Gasteiger partial charge is 0.408 e. The molecule has 0 spiro atoms. The molecule has 2 unspecified atom stereocenters. The van der Waals surface area contributed by atoms with Gasteiger partial charge in [0, 0.05) is 24.5 Å². The van der Waals surface area contributed by atoms with E-state index >= 15 is 0 Å². The molecule has 2 amide bonds. The van der Waals surface area contributed by atoms with Gasteiger partial charge in [0.05, 0.1) is 6.42 Å².